The Morgan fingerprint density at radius 2 is 2.19 bits per heavy atom. The summed E-state index contributed by atoms with van der Waals surface area (Å²) in [6.45, 7) is 5.15. The van der Waals surface area contributed by atoms with Gasteiger partial charge in [-0.15, -0.1) is 0 Å². The molecule has 1 unspecified atom stereocenters. The minimum atomic E-state index is 0.342. The summed E-state index contributed by atoms with van der Waals surface area (Å²) in [4.78, 5) is 0. The Morgan fingerprint density at radius 3 is 2.81 bits per heavy atom. The maximum Gasteiger partial charge on any atom is 0.124 e. The van der Waals surface area contributed by atoms with Crippen LogP contribution in [0.4, 0.5) is 0 Å². The van der Waals surface area contributed by atoms with Crippen molar-refractivity contribution >= 4 is 0 Å². The average molecular weight is 219 g/mol. The minimum Gasteiger partial charge on any atom is -0.493 e. The van der Waals surface area contributed by atoms with Crippen LogP contribution in [0, 0.1) is 12.8 Å². The molecule has 88 valence electrons. The second-order valence-corrected chi connectivity index (χ2v) is 4.81. The van der Waals surface area contributed by atoms with E-state index in [0.29, 0.717) is 6.04 Å². The Hall–Kier alpha value is -1.02. The molecule has 2 nitrogen and oxygen atoms in total. The molecule has 1 aromatic rings. The molecule has 0 saturated heterocycles. The fourth-order valence-corrected chi connectivity index (χ4v) is 1.77. The third-order valence-electron chi connectivity index (χ3n) is 3.24. The normalized spacial score (nSPS) is 17.2. The second-order valence-electron chi connectivity index (χ2n) is 4.81. The Labute approximate surface area is 98.0 Å². The zero-order valence-electron chi connectivity index (χ0n) is 10.4. The molecule has 0 bridgehead atoms. The first-order valence-electron chi connectivity index (χ1n) is 6.11. The van der Waals surface area contributed by atoms with Crippen LogP contribution in [-0.2, 0) is 0 Å². The van der Waals surface area contributed by atoms with Crippen LogP contribution < -0.4 is 10.1 Å². The molecule has 1 fully saturated rings. The van der Waals surface area contributed by atoms with E-state index in [-0.39, 0.29) is 0 Å². The van der Waals surface area contributed by atoms with Crippen LogP contribution in [0.2, 0.25) is 0 Å². The smallest absolute Gasteiger partial charge is 0.124 e. The molecule has 1 saturated carbocycles. The van der Waals surface area contributed by atoms with Crippen molar-refractivity contribution in [1.29, 1.82) is 0 Å². The molecule has 16 heavy (non-hydrogen) atoms. The van der Waals surface area contributed by atoms with Gasteiger partial charge in [0.05, 0.1) is 6.61 Å². The molecule has 0 heterocycles. The summed E-state index contributed by atoms with van der Waals surface area (Å²) >= 11 is 0. The van der Waals surface area contributed by atoms with Crippen molar-refractivity contribution in [3.05, 3.63) is 29.3 Å². The van der Waals surface area contributed by atoms with Gasteiger partial charge >= 0.3 is 0 Å². The summed E-state index contributed by atoms with van der Waals surface area (Å²) in [5.74, 6) is 1.85. The number of benzene rings is 1. The molecule has 1 N–H and O–H groups in total. The lowest BCUT2D eigenvalue weighted by molar-refractivity contribution is 0.294. The minimum absolute atomic E-state index is 0.342. The van der Waals surface area contributed by atoms with Gasteiger partial charge in [0.15, 0.2) is 0 Å². The Kier molecular flexibility index (Phi) is 3.49. The van der Waals surface area contributed by atoms with Crippen molar-refractivity contribution in [3.63, 3.8) is 0 Å². The largest absolute Gasteiger partial charge is 0.493 e. The SMILES string of the molecule is CNC(C)c1ccc(C)cc1OCC1CC1. The summed E-state index contributed by atoms with van der Waals surface area (Å²) in [6, 6.07) is 6.80. The van der Waals surface area contributed by atoms with Gasteiger partial charge in [-0.1, -0.05) is 12.1 Å². The molecule has 1 aromatic carbocycles. The lowest BCUT2D eigenvalue weighted by Gasteiger charge is -2.17. The van der Waals surface area contributed by atoms with E-state index in [0.717, 1.165) is 18.3 Å². The Balaban J connectivity index is 2.13. The molecule has 0 spiro atoms. The molecule has 0 amide bonds. The molecule has 0 aromatic heterocycles. The van der Waals surface area contributed by atoms with Crippen molar-refractivity contribution < 1.29 is 4.74 Å². The summed E-state index contributed by atoms with van der Waals surface area (Å²) in [7, 11) is 1.98. The third-order valence-corrected chi connectivity index (χ3v) is 3.24. The van der Waals surface area contributed by atoms with Gasteiger partial charge in [-0.05, 0) is 51.3 Å². The van der Waals surface area contributed by atoms with Crippen molar-refractivity contribution in [2.75, 3.05) is 13.7 Å². The van der Waals surface area contributed by atoms with Crippen molar-refractivity contribution in [2.24, 2.45) is 5.92 Å². The number of nitrogens with one attached hydrogen (secondary N) is 1. The van der Waals surface area contributed by atoms with Gasteiger partial charge in [0.1, 0.15) is 5.75 Å². The first-order chi connectivity index (χ1) is 7.70. The molecular weight excluding hydrogens is 198 g/mol. The molecule has 0 aliphatic heterocycles. The molecule has 1 aliphatic carbocycles. The van der Waals surface area contributed by atoms with E-state index in [1.54, 1.807) is 0 Å². The second kappa shape index (κ2) is 4.88. The van der Waals surface area contributed by atoms with Gasteiger partial charge in [-0.2, -0.15) is 0 Å². The van der Waals surface area contributed by atoms with Gasteiger partial charge in [0, 0.05) is 11.6 Å². The highest BCUT2D eigenvalue weighted by atomic mass is 16.5. The van der Waals surface area contributed by atoms with Crippen LogP contribution in [-0.4, -0.2) is 13.7 Å². The summed E-state index contributed by atoms with van der Waals surface area (Å²) < 4.78 is 5.92. The Morgan fingerprint density at radius 1 is 1.44 bits per heavy atom. The first-order valence-corrected chi connectivity index (χ1v) is 6.11. The van der Waals surface area contributed by atoms with Crippen LogP contribution in [0.1, 0.15) is 36.9 Å². The maximum absolute atomic E-state index is 5.92. The average Bonchev–Trinajstić information content (AvgIpc) is 3.09. The summed E-state index contributed by atoms with van der Waals surface area (Å²) in [6.07, 6.45) is 2.67. The lowest BCUT2D eigenvalue weighted by atomic mass is 10.1. The van der Waals surface area contributed by atoms with E-state index in [1.165, 1.54) is 24.0 Å². The highest BCUT2D eigenvalue weighted by molar-refractivity contribution is 5.39. The highest BCUT2D eigenvalue weighted by Gasteiger charge is 2.22. The molecule has 1 aliphatic rings. The van der Waals surface area contributed by atoms with Gasteiger partial charge in [-0.25, -0.2) is 0 Å². The zero-order chi connectivity index (χ0) is 11.5. The quantitative estimate of drug-likeness (QED) is 0.821. The van der Waals surface area contributed by atoms with Crippen LogP contribution in [0.3, 0.4) is 0 Å². The predicted molar refractivity (Wildman–Crippen MR) is 66.9 cm³/mol. The van der Waals surface area contributed by atoms with Gasteiger partial charge in [0.25, 0.3) is 0 Å². The van der Waals surface area contributed by atoms with Crippen molar-refractivity contribution in [3.8, 4) is 5.75 Å². The monoisotopic (exact) mass is 219 g/mol. The number of hydrogen-bond acceptors (Lipinski definition) is 2. The number of ether oxygens (including phenoxy) is 1. The lowest BCUT2D eigenvalue weighted by Crippen LogP contribution is -2.14. The summed E-state index contributed by atoms with van der Waals surface area (Å²) in [5, 5.41) is 3.26. The zero-order valence-corrected chi connectivity index (χ0v) is 10.4. The molecule has 0 radical (unpaired) electrons. The van der Waals surface area contributed by atoms with Gasteiger partial charge in [0.2, 0.25) is 0 Å². The number of aryl methyl sites for hydroxylation is 1. The fraction of sp³-hybridized carbons (Fsp3) is 0.571. The van der Waals surface area contributed by atoms with Crippen LogP contribution in [0.25, 0.3) is 0 Å². The molecule has 2 rings (SSSR count). The highest BCUT2D eigenvalue weighted by Crippen LogP contribution is 2.32. The number of rotatable bonds is 5. The van der Waals surface area contributed by atoms with E-state index < -0.39 is 0 Å². The van der Waals surface area contributed by atoms with Crippen molar-refractivity contribution in [2.45, 2.75) is 32.7 Å². The maximum atomic E-state index is 5.92. The molecular formula is C14H21NO. The van der Waals surface area contributed by atoms with E-state index in [2.05, 4.69) is 37.4 Å². The van der Waals surface area contributed by atoms with Gasteiger partial charge in [-0.3, -0.25) is 0 Å². The van der Waals surface area contributed by atoms with Crippen LogP contribution in [0.5, 0.6) is 5.75 Å². The standard InChI is InChI=1S/C14H21NO/c1-10-4-7-13(11(2)15-3)14(8-10)16-9-12-5-6-12/h4,7-8,11-12,15H,5-6,9H2,1-3H3. The predicted octanol–water partition coefficient (Wildman–Crippen LogP) is 3.06. The van der Waals surface area contributed by atoms with E-state index in [9.17, 15) is 0 Å². The third kappa shape index (κ3) is 2.76. The first kappa shape index (κ1) is 11.5. The molecule has 1 atom stereocenters. The topological polar surface area (TPSA) is 21.3 Å². The number of hydrogen-bond donors (Lipinski definition) is 1. The van der Waals surface area contributed by atoms with Gasteiger partial charge < -0.3 is 10.1 Å². The molecule has 2 heteroatoms. The fourth-order valence-electron chi connectivity index (χ4n) is 1.77. The van der Waals surface area contributed by atoms with E-state index >= 15 is 0 Å². The van der Waals surface area contributed by atoms with Crippen molar-refractivity contribution in [1.82, 2.24) is 5.32 Å². The van der Waals surface area contributed by atoms with Crippen LogP contribution >= 0.6 is 0 Å². The van der Waals surface area contributed by atoms with Crippen LogP contribution in [0.15, 0.2) is 18.2 Å². The van der Waals surface area contributed by atoms with E-state index in [1.807, 2.05) is 7.05 Å². The summed E-state index contributed by atoms with van der Waals surface area (Å²) in [5.41, 5.74) is 2.52. The Bertz CT molecular complexity index is 358. The van der Waals surface area contributed by atoms with E-state index in [4.69, 9.17) is 4.74 Å².